The molecule has 3 aromatic carbocycles. The van der Waals surface area contributed by atoms with Gasteiger partial charge >= 0.3 is 0 Å². The molecule has 3 rings (SSSR count). The molecule has 0 unspecified atom stereocenters. The number of hydrogen-bond acceptors (Lipinski definition) is 6. The number of ether oxygens (including phenoxy) is 2. The minimum atomic E-state index is -4.27. The van der Waals surface area contributed by atoms with Crippen LogP contribution in [0.2, 0.25) is 10.0 Å². The number of rotatable bonds is 12. The standard InChI is InChI=1S/C28H31Cl2N3O6S/c1-5-24(28(35)31-2)32(17-19-11-13-22(29)23(30)15-19)27(34)18-33(20-9-7-6-8-10-20)40(36,37)21-12-14-25(38-3)26(16-21)39-4/h6-16,24H,5,17-18H2,1-4H3,(H,31,35)/t24-/m0/s1. The highest BCUT2D eigenvalue weighted by Crippen LogP contribution is 2.32. The average Bonchev–Trinajstić information content (AvgIpc) is 2.97. The van der Waals surface area contributed by atoms with Crippen LogP contribution in [0.15, 0.2) is 71.6 Å². The Hall–Kier alpha value is -3.47. The molecule has 9 nitrogen and oxygen atoms in total. The zero-order valence-electron chi connectivity index (χ0n) is 22.6. The van der Waals surface area contributed by atoms with E-state index in [4.69, 9.17) is 32.7 Å². The third kappa shape index (κ3) is 6.99. The number of carbonyl (C=O) groups excluding carboxylic acids is 2. The summed E-state index contributed by atoms with van der Waals surface area (Å²) in [5.74, 6) is -0.401. The van der Waals surface area contributed by atoms with Crippen molar-refractivity contribution in [1.29, 1.82) is 0 Å². The quantitative estimate of drug-likeness (QED) is 0.318. The molecule has 0 aliphatic carbocycles. The number of para-hydroxylation sites is 1. The Balaban J connectivity index is 2.08. The van der Waals surface area contributed by atoms with Gasteiger partial charge in [-0.05, 0) is 48.4 Å². The van der Waals surface area contributed by atoms with Crippen molar-refractivity contribution >= 4 is 50.7 Å². The van der Waals surface area contributed by atoms with Crippen molar-refractivity contribution in [3.63, 3.8) is 0 Å². The van der Waals surface area contributed by atoms with Gasteiger partial charge in [-0.15, -0.1) is 0 Å². The molecule has 1 N–H and O–H groups in total. The minimum Gasteiger partial charge on any atom is -0.493 e. The number of halogens is 2. The summed E-state index contributed by atoms with van der Waals surface area (Å²) in [5, 5.41) is 3.22. The molecule has 0 heterocycles. The Morgan fingerprint density at radius 2 is 1.60 bits per heavy atom. The van der Waals surface area contributed by atoms with E-state index in [1.807, 2.05) is 0 Å². The van der Waals surface area contributed by atoms with E-state index >= 15 is 0 Å². The Kier molecular flexibility index (Phi) is 10.7. The Bertz CT molecular complexity index is 1450. The van der Waals surface area contributed by atoms with Gasteiger partial charge in [0.05, 0.1) is 34.8 Å². The molecule has 2 amide bonds. The molecule has 0 bridgehead atoms. The number of nitrogens with one attached hydrogen (secondary N) is 1. The molecular weight excluding hydrogens is 577 g/mol. The normalized spacial score (nSPS) is 11.8. The number of likely N-dealkylation sites (N-methyl/N-ethyl adjacent to an activating group) is 1. The molecule has 214 valence electrons. The van der Waals surface area contributed by atoms with Crippen LogP contribution in [0.25, 0.3) is 0 Å². The molecular formula is C28H31Cl2N3O6S. The molecule has 0 aliphatic rings. The molecule has 0 saturated heterocycles. The molecule has 40 heavy (non-hydrogen) atoms. The van der Waals surface area contributed by atoms with Gasteiger partial charge < -0.3 is 19.7 Å². The van der Waals surface area contributed by atoms with Gasteiger partial charge in [-0.2, -0.15) is 0 Å². The predicted molar refractivity (Wildman–Crippen MR) is 156 cm³/mol. The van der Waals surface area contributed by atoms with Gasteiger partial charge in [-0.3, -0.25) is 13.9 Å². The van der Waals surface area contributed by atoms with Crippen molar-refractivity contribution in [3.8, 4) is 11.5 Å². The van der Waals surface area contributed by atoms with Gasteiger partial charge in [0.2, 0.25) is 11.8 Å². The summed E-state index contributed by atoms with van der Waals surface area (Å²) in [7, 11) is 0.0488. The molecule has 1 atom stereocenters. The average molecular weight is 609 g/mol. The number of methoxy groups -OCH3 is 2. The number of nitrogens with zero attached hydrogens (tertiary/aromatic N) is 2. The molecule has 0 radical (unpaired) electrons. The second-order valence-electron chi connectivity index (χ2n) is 8.67. The van der Waals surface area contributed by atoms with E-state index in [9.17, 15) is 18.0 Å². The first-order chi connectivity index (χ1) is 19.1. The van der Waals surface area contributed by atoms with Gasteiger partial charge in [0.1, 0.15) is 12.6 Å². The molecule has 0 aliphatic heterocycles. The van der Waals surface area contributed by atoms with Crippen LogP contribution in [-0.4, -0.2) is 59.0 Å². The number of amides is 2. The highest BCUT2D eigenvalue weighted by atomic mass is 35.5. The van der Waals surface area contributed by atoms with Crippen molar-refractivity contribution in [2.24, 2.45) is 0 Å². The van der Waals surface area contributed by atoms with Crippen LogP contribution in [0.1, 0.15) is 18.9 Å². The van der Waals surface area contributed by atoms with Crippen LogP contribution in [-0.2, 0) is 26.2 Å². The third-order valence-electron chi connectivity index (χ3n) is 6.24. The Labute approximate surface area is 244 Å². The van der Waals surface area contributed by atoms with E-state index in [1.165, 1.54) is 44.4 Å². The van der Waals surface area contributed by atoms with Crippen LogP contribution in [0.3, 0.4) is 0 Å². The van der Waals surface area contributed by atoms with Crippen LogP contribution >= 0.6 is 23.2 Å². The van der Waals surface area contributed by atoms with E-state index in [2.05, 4.69) is 5.32 Å². The Morgan fingerprint density at radius 1 is 0.925 bits per heavy atom. The van der Waals surface area contributed by atoms with Gasteiger partial charge in [0.15, 0.2) is 11.5 Å². The fourth-order valence-corrected chi connectivity index (χ4v) is 5.90. The zero-order valence-corrected chi connectivity index (χ0v) is 24.9. The molecule has 0 fully saturated rings. The van der Waals surface area contributed by atoms with E-state index in [-0.39, 0.29) is 28.8 Å². The highest BCUT2D eigenvalue weighted by molar-refractivity contribution is 7.92. The maximum absolute atomic E-state index is 14.0. The largest absolute Gasteiger partial charge is 0.493 e. The van der Waals surface area contributed by atoms with Gasteiger partial charge in [-0.25, -0.2) is 8.42 Å². The molecule has 0 spiro atoms. The van der Waals surface area contributed by atoms with E-state index < -0.39 is 28.5 Å². The van der Waals surface area contributed by atoms with Crippen molar-refractivity contribution in [3.05, 3.63) is 82.3 Å². The number of carbonyl (C=O) groups is 2. The first-order valence-corrected chi connectivity index (χ1v) is 14.5. The molecule has 3 aromatic rings. The number of anilines is 1. The molecule has 12 heteroatoms. The summed E-state index contributed by atoms with van der Waals surface area (Å²) < 4.78 is 39.5. The van der Waals surface area contributed by atoms with E-state index in [1.54, 1.807) is 55.5 Å². The van der Waals surface area contributed by atoms with E-state index in [0.717, 1.165) is 4.31 Å². The number of sulfonamides is 1. The first-order valence-electron chi connectivity index (χ1n) is 12.3. The summed E-state index contributed by atoms with van der Waals surface area (Å²) in [5.41, 5.74) is 0.896. The van der Waals surface area contributed by atoms with Crippen LogP contribution in [0.4, 0.5) is 5.69 Å². The summed E-state index contributed by atoms with van der Waals surface area (Å²) >= 11 is 12.3. The lowest BCUT2D eigenvalue weighted by molar-refractivity contribution is -0.140. The summed E-state index contributed by atoms with van der Waals surface area (Å²) in [4.78, 5) is 28.0. The lowest BCUT2D eigenvalue weighted by atomic mass is 10.1. The second kappa shape index (κ2) is 13.7. The van der Waals surface area contributed by atoms with Crippen molar-refractivity contribution in [2.45, 2.75) is 30.8 Å². The van der Waals surface area contributed by atoms with Crippen molar-refractivity contribution in [1.82, 2.24) is 10.2 Å². The molecule has 0 aromatic heterocycles. The first kappa shape index (κ1) is 31.1. The second-order valence-corrected chi connectivity index (χ2v) is 11.3. The zero-order chi connectivity index (χ0) is 29.4. The van der Waals surface area contributed by atoms with Crippen molar-refractivity contribution in [2.75, 3.05) is 32.1 Å². The topological polar surface area (TPSA) is 105 Å². The van der Waals surface area contributed by atoms with Crippen molar-refractivity contribution < 1.29 is 27.5 Å². The lowest BCUT2D eigenvalue weighted by Crippen LogP contribution is -2.51. The SMILES string of the molecule is CC[C@@H](C(=O)NC)N(Cc1ccc(Cl)c(Cl)c1)C(=O)CN(c1ccccc1)S(=O)(=O)c1ccc(OC)c(OC)c1. The Morgan fingerprint density at radius 3 is 2.17 bits per heavy atom. The summed E-state index contributed by atoms with van der Waals surface area (Å²) in [6, 6.07) is 16.5. The third-order valence-corrected chi connectivity index (χ3v) is 8.74. The highest BCUT2D eigenvalue weighted by Gasteiger charge is 2.33. The lowest BCUT2D eigenvalue weighted by Gasteiger charge is -2.33. The maximum atomic E-state index is 14.0. The monoisotopic (exact) mass is 607 g/mol. The van der Waals surface area contributed by atoms with Crippen LogP contribution < -0.4 is 19.1 Å². The molecule has 0 saturated carbocycles. The van der Waals surface area contributed by atoms with Gasteiger partial charge in [0.25, 0.3) is 10.0 Å². The van der Waals surface area contributed by atoms with Gasteiger partial charge in [0, 0.05) is 19.7 Å². The minimum absolute atomic E-state index is 0.000679. The summed E-state index contributed by atoms with van der Waals surface area (Å²) in [6.07, 6.45) is 0.292. The van der Waals surface area contributed by atoms with Gasteiger partial charge in [-0.1, -0.05) is 54.4 Å². The predicted octanol–water partition coefficient (Wildman–Crippen LogP) is 4.76. The van der Waals surface area contributed by atoms with E-state index in [0.29, 0.717) is 27.8 Å². The maximum Gasteiger partial charge on any atom is 0.264 e. The van der Waals surface area contributed by atoms with Crippen LogP contribution in [0, 0.1) is 0 Å². The smallest absolute Gasteiger partial charge is 0.264 e. The fraction of sp³-hybridized carbons (Fsp3) is 0.286. The number of benzene rings is 3. The fourth-order valence-electron chi connectivity index (χ4n) is 4.15. The number of hydrogen-bond donors (Lipinski definition) is 1. The summed E-state index contributed by atoms with van der Waals surface area (Å²) in [6.45, 7) is 1.19. The van der Waals surface area contributed by atoms with Crippen LogP contribution in [0.5, 0.6) is 11.5 Å².